The SMILES string of the molecule is CC1CNCC(c2c[nH]nc2C(F)(F)F)N1. The van der Waals surface area contributed by atoms with E-state index < -0.39 is 11.9 Å². The Labute approximate surface area is 90.6 Å². The molecular weight excluding hydrogens is 221 g/mol. The first kappa shape index (κ1) is 11.4. The van der Waals surface area contributed by atoms with Gasteiger partial charge in [-0.05, 0) is 6.92 Å². The molecule has 2 heterocycles. The molecule has 2 atom stereocenters. The Morgan fingerprint density at radius 1 is 1.38 bits per heavy atom. The molecule has 0 spiro atoms. The molecule has 0 bridgehead atoms. The van der Waals surface area contributed by atoms with Crippen LogP contribution in [0.1, 0.15) is 24.2 Å². The van der Waals surface area contributed by atoms with Crippen molar-refractivity contribution in [3.8, 4) is 0 Å². The summed E-state index contributed by atoms with van der Waals surface area (Å²) in [5.41, 5.74) is -0.660. The van der Waals surface area contributed by atoms with Gasteiger partial charge in [-0.25, -0.2) is 0 Å². The first-order chi connectivity index (χ1) is 7.48. The smallest absolute Gasteiger partial charge is 0.313 e. The van der Waals surface area contributed by atoms with Gasteiger partial charge in [0.2, 0.25) is 0 Å². The van der Waals surface area contributed by atoms with Gasteiger partial charge >= 0.3 is 6.18 Å². The normalized spacial score (nSPS) is 27.0. The van der Waals surface area contributed by atoms with Crippen LogP contribution in [0.5, 0.6) is 0 Å². The first-order valence-corrected chi connectivity index (χ1v) is 5.06. The summed E-state index contributed by atoms with van der Waals surface area (Å²) in [5.74, 6) is 0. The van der Waals surface area contributed by atoms with Gasteiger partial charge in [-0.1, -0.05) is 0 Å². The molecule has 1 aliphatic rings. The lowest BCUT2D eigenvalue weighted by atomic mass is 10.0. The van der Waals surface area contributed by atoms with Gasteiger partial charge in [0.1, 0.15) is 0 Å². The summed E-state index contributed by atoms with van der Waals surface area (Å²) in [5, 5.41) is 11.7. The van der Waals surface area contributed by atoms with Crippen molar-refractivity contribution in [3.05, 3.63) is 17.5 Å². The lowest BCUT2D eigenvalue weighted by Crippen LogP contribution is -2.49. The van der Waals surface area contributed by atoms with Crippen molar-refractivity contribution in [2.45, 2.75) is 25.2 Å². The summed E-state index contributed by atoms with van der Waals surface area (Å²) in [7, 11) is 0. The van der Waals surface area contributed by atoms with E-state index in [1.165, 1.54) is 6.20 Å². The molecule has 90 valence electrons. The zero-order chi connectivity index (χ0) is 11.8. The van der Waals surface area contributed by atoms with Crippen LogP contribution in [0.25, 0.3) is 0 Å². The fourth-order valence-electron chi connectivity index (χ4n) is 1.90. The molecule has 0 aromatic carbocycles. The van der Waals surface area contributed by atoms with E-state index in [1.807, 2.05) is 6.92 Å². The molecular formula is C9H13F3N4. The minimum Gasteiger partial charge on any atom is -0.313 e. The molecule has 0 aliphatic carbocycles. The second-order valence-electron chi connectivity index (χ2n) is 3.97. The van der Waals surface area contributed by atoms with Crippen molar-refractivity contribution in [1.29, 1.82) is 0 Å². The van der Waals surface area contributed by atoms with Gasteiger partial charge in [0.05, 0.1) is 0 Å². The highest BCUT2D eigenvalue weighted by atomic mass is 19.4. The molecule has 0 saturated carbocycles. The first-order valence-electron chi connectivity index (χ1n) is 5.06. The van der Waals surface area contributed by atoms with Crippen molar-refractivity contribution in [1.82, 2.24) is 20.8 Å². The number of aromatic nitrogens is 2. The summed E-state index contributed by atoms with van der Waals surface area (Å²) in [6, 6.07) is -0.200. The molecule has 16 heavy (non-hydrogen) atoms. The number of hydrogen-bond donors (Lipinski definition) is 3. The van der Waals surface area contributed by atoms with Crippen LogP contribution in [0.15, 0.2) is 6.20 Å². The monoisotopic (exact) mass is 234 g/mol. The lowest BCUT2D eigenvalue weighted by Gasteiger charge is -2.29. The average Bonchev–Trinajstić information content (AvgIpc) is 2.65. The van der Waals surface area contributed by atoms with Crippen LogP contribution in [0.3, 0.4) is 0 Å². The van der Waals surface area contributed by atoms with Crippen molar-refractivity contribution in [2.75, 3.05) is 13.1 Å². The van der Waals surface area contributed by atoms with E-state index in [4.69, 9.17) is 0 Å². The maximum Gasteiger partial charge on any atom is 0.435 e. The van der Waals surface area contributed by atoms with E-state index in [9.17, 15) is 13.2 Å². The van der Waals surface area contributed by atoms with Gasteiger partial charge < -0.3 is 10.6 Å². The minimum absolute atomic E-state index is 0.148. The van der Waals surface area contributed by atoms with E-state index in [0.717, 1.165) is 6.54 Å². The topological polar surface area (TPSA) is 52.7 Å². The number of halogens is 3. The number of H-pyrrole nitrogens is 1. The molecule has 0 radical (unpaired) electrons. The van der Waals surface area contributed by atoms with Crippen LogP contribution in [0.2, 0.25) is 0 Å². The van der Waals surface area contributed by atoms with Crippen LogP contribution >= 0.6 is 0 Å². The van der Waals surface area contributed by atoms with Crippen LogP contribution in [0.4, 0.5) is 13.2 Å². The molecule has 1 aromatic heterocycles. The fourth-order valence-corrected chi connectivity index (χ4v) is 1.90. The Balaban J connectivity index is 2.23. The summed E-state index contributed by atoms with van der Waals surface area (Å²) in [6.07, 6.45) is -3.10. The quantitative estimate of drug-likeness (QED) is 0.680. The van der Waals surface area contributed by atoms with E-state index in [2.05, 4.69) is 20.8 Å². The molecule has 0 amide bonds. The molecule has 1 aromatic rings. The van der Waals surface area contributed by atoms with Crippen molar-refractivity contribution in [3.63, 3.8) is 0 Å². The summed E-state index contributed by atoms with van der Waals surface area (Å²) < 4.78 is 37.8. The number of rotatable bonds is 1. The molecule has 1 saturated heterocycles. The average molecular weight is 234 g/mol. The standard InChI is InChI=1S/C9H13F3N4/c1-5-2-13-4-7(15-5)6-3-14-16-8(6)9(10,11)12/h3,5,7,13,15H,2,4H2,1H3,(H,14,16). The third kappa shape index (κ3) is 2.19. The summed E-state index contributed by atoms with van der Waals surface area (Å²) in [6.45, 7) is 3.16. The van der Waals surface area contributed by atoms with Gasteiger partial charge in [-0.3, -0.25) is 5.10 Å². The second kappa shape index (κ2) is 4.06. The minimum atomic E-state index is -4.41. The van der Waals surface area contributed by atoms with Gasteiger partial charge in [0.15, 0.2) is 5.69 Å². The fraction of sp³-hybridized carbons (Fsp3) is 0.667. The van der Waals surface area contributed by atoms with Crippen LogP contribution in [0, 0.1) is 0 Å². The predicted molar refractivity (Wildman–Crippen MR) is 51.8 cm³/mol. The van der Waals surface area contributed by atoms with E-state index in [0.29, 0.717) is 6.54 Å². The Hall–Kier alpha value is -1.08. The number of nitrogens with zero attached hydrogens (tertiary/aromatic N) is 1. The molecule has 7 heteroatoms. The van der Waals surface area contributed by atoms with E-state index in [1.54, 1.807) is 0 Å². The zero-order valence-electron chi connectivity index (χ0n) is 8.73. The van der Waals surface area contributed by atoms with Crippen molar-refractivity contribution >= 4 is 0 Å². The molecule has 1 aliphatic heterocycles. The zero-order valence-corrected chi connectivity index (χ0v) is 8.73. The molecule has 1 fully saturated rings. The highest BCUT2D eigenvalue weighted by molar-refractivity contribution is 5.24. The third-order valence-corrected chi connectivity index (χ3v) is 2.60. The summed E-state index contributed by atoms with van der Waals surface area (Å²) in [4.78, 5) is 0. The summed E-state index contributed by atoms with van der Waals surface area (Å²) >= 11 is 0. The Bertz CT molecular complexity index is 360. The number of nitrogens with one attached hydrogen (secondary N) is 3. The Kier molecular flexibility index (Phi) is 2.90. The largest absolute Gasteiger partial charge is 0.435 e. The van der Waals surface area contributed by atoms with E-state index >= 15 is 0 Å². The van der Waals surface area contributed by atoms with Crippen molar-refractivity contribution in [2.24, 2.45) is 0 Å². The third-order valence-electron chi connectivity index (χ3n) is 2.60. The molecule has 4 nitrogen and oxygen atoms in total. The van der Waals surface area contributed by atoms with Gasteiger partial charge in [0.25, 0.3) is 0 Å². The highest BCUT2D eigenvalue weighted by Crippen LogP contribution is 2.33. The predicted octanol–water partition coefficient (Wildman–Crippen LogP) is 1.05. The van der Waals surface area contributed by atoms with Crippen LogP contribution < -0.4 is 10.6 Å². The molecule has 2 rings (SSSR count). The van der Waals surface area contributed by atoms with Crippen LogP contribution in [-0.4, -0.2) is 29.3 Å². The molecule has 2 unspecified atom stereocenters. The number of aromatic amines is 1. The van der Waals surface area contributed by atoms with Crippen LogP contribution in [-0.2, 0) is 6.18 Å². The van der Waals surface area contributed by atoms with E-state index in [-0.39, 0.29) is 17.6 Å². The Morgan fingerprint density at radius 3 is 2.75 bits per heavy atom. The second-order valence-corrected chi connectivity index (χ2v) is 3.97. The van der Waals surface area contributed by atoms with Gasteiger partial charge in [-0.15, -0.1) is 0 Å². The number of alkyl halides is 3. The maximum absolute atomic E-state index is 12.6. The highest BCUT2D eigenvalue weighted by Gasteiger charge is 2.38. The lowest BCUT2D eigenvalue weighted by molar-refractivity contribution is -0.142. The van der Waals surface area contributed by atoms with Gasteiger partial charge in [0, 0.05) is 36.9 Å². The molecule has 3 N–H and O–H groups in total. The maximum atomic E-state index is 12.6. The van der Waals surface area contributed by atoms with Gasteiger partial charge in [-0.2, -0.15) is 18.3 Å². The number of hydrogen-bond acceptors (Lipinski definition) is 3. The Morgan fingerprint density at radius 2 is 2.12 bits per heavy atom. The van der Waals surface area contributed by atoms with Crippen molar-refractivity contribution < 1.29 is 13.2 Å². The number of piperazine rings is 1.